The van der Waals surface area contributed by atoms with E-state index in [4.69, 9.17) is 15.2 Å². The minimum Gasteiger partial charge on any atom is -0.493 e. The normalized spacial score (nSPS) is 12.6. The Bertz CT molecular complexity index is 340. The van der Waals surface area contributed by atoms with Crippen LogP contribution in [-0.2, 0) is 0 Å². The van der Waals surface area contributed by atoms with Gasteiger partial charge in [-0.15, -0.1) is 0 Å². The molecule has 0 heterocycles. The highest BCUT2D eigenvalue weighted by atomic mass is 16.5. The molecule has 1 unspecified atom stereocenters. The molecule has 0 aliphatic carbocycles. The number of hydrogen-bond donors (Lipinski definition) is 1. The molecular formula is C12H20N2O2. The van der Waals surface area contributed by atoms with Gasteiger partial charge in [-0.3, -0.25) is 0 Å². The van der Waals surface area contributed by atoms with Crippen LogP contribution in [0.1, 0.15) is 6.92 Å². The van der Waals surface area contributed by atoms with Crippen molar-refractivity contribution in [1.29, 1.82) is 0 Å². The van der Waals surface area contributed by atoms with Crippen LogP contribution in [0.2, 0.25) is 0 Å². The van der Waals surface area contributed by atoms with Gasteiger partial charge < -0.3 is 20.1 Å². The van der Waals surface area contributed by atoms with Gasteiger partial charge in [0.25, 0.3) is 0 Å². The third-order valence-electron chi connectivity index (χ3n) is 2.55. The highest BCUT2D eigenvalue weighted by Crippen LogP contribution is 2.29. The van der Waals surface area contributed by atoms with Crippen molar-refractivity contribution in [3.8, 4) is 11.5 Å². The van der Waals surface area contributed by atoms with Gasteiger partial charge in [0.05, 0.1) is 7.11 Å². The largest absolute Gasteiger partial charge is 0.493 e. The molecule has 0 aliphatic rings. The zero-order valence-electron chi connectivity index (χ0n) is 10.4. The molecule has 0 aliphatic heterocycles. The summed E-state index contributed by atoms with van der Waals surface area (Å²) in [5, 5.41) is 0. The predicted molar refractivity (Wildman–Crippen MR) is 66.1 cm³/mol. The van der Waals surface area contributed by atoms with Gasteiger partial charge in [0.1, 0.15) is 6.61 Å². The van der Waals surface area contributed by atoms with E-state index >= 15 is 0 Å². The first kappa shape index (κ1) is 12.6. The Kier molecular flexibility index (Phi) is 4.43. The standard InChI is InChI=1S/C12H20N2O2/c1-9(14(2)3)8-16-12-7-10(13)5-6-11(12)15-4/h5-7,9H,8,13H2,1-4H3. The Balaban J connectivity index is 2.68. The predicted octanol–water partition coefficient (Wildman–Crippen LogP) is 1.61. The first-order chi connectivity index (χ1) is 7.54. The summed E-state index contributed by atoms with van der Waals surface area (Å²) in [6, 6.07) is 5.72. The minimum absolute atomic E-state index is 0.339. The lowest BCUT2D eigenvalue weighted by Crippen LogP contribution is -2.30. The van der Waals surface area contributed by atoms with Crippen LogP contribution in [0.3, 0.4) is 0 Å². The fraction of sp³-hybridized carbons (Fsp3) is 0.500. The number of nitrogen functional groups attached to an aromatic ring is 1. The van der Waals surface area contributed by atoms with Crippen molar-refractivity contribution in [3.63, 3.8) is 0 Å². The van der Waals surface area contributed by atoms with E-state index in [2.05, 4.69) is 11.8 Å². The second-order valence-electron chi connectivity index (χ2n) is 4.03. The third-order valence-corrected chi connectivity index (χ3v) is 2.55. The summed E-state index contributed by atoms with van der Waals surface area (Å²) in [5.41, 5.74) is 6.38. The molecule has 0 saturated heterocycles. The summed E-state index contributed by atoms with van der Waals surface area (Å²) in [7, 11) is 5.66. The molecule has 0 aromatic heterocycles. The summed E-state index contributed by atoms with van der Waals surface area (Å²) in [6.07, 6.45) is 0. The number of nitrogens with two attached hydrogens (primary N) is 1. The maximum atomic E-state index is 5.70. The lowest BCUT2D eigenvalue weighted by atomic mass is 10.3. The van der Waals surface area contributed by atoms with Crippen LogP contribution in [0.15, 0.2) is 18.2 Å². The molecule has 4 nitrogen and oxygen atoms in total. The number of hydrogen-bond acceptors (Lipinski definition) is 4. The zero-order valence-corrected chi connectivity index (χ0v) is 10.4. The lowest BCUT2D eigenvalue weighted by molar-refractivity contribution is 0.193. The minimum atomic E-state index is 0.339. The van der Waals surface area contributed by atoms with Crippen molar-refractivity contribution in [2.24, 2.45) is 0 Å². The quantitative estimate of drug-likeness (QED) is 0.772. The Morgan fingerprint density at radius 3 is 2.56 bits per heavy atom. The van der Waals surface area contributed by atoms with Gasteiger partial charge in [-0.2, -0.15) is 0 Å². The molecule has 0 amide bonds. The zero-order chi connectivity index (χ0) is 12.1. The molecule has 1 aromatic rings. The maximum absolute atomic E-state index is 5.70. The van der Waals surface area contributed by atoms with E-state index in [0.717, 1.165) is 0 Å². The fourth-order valence-electron chi connectivity index (χ4n) is 1.17. The molecule has 90 valence electrons. The second kappa shape index (κ2) is 5.61. The van der Waals surface area contributed by atoms with Crippen LogP contribution in [-0.4, -0.2) is 38.8 Å². The number of nitrogens with zero attached hydrogens (tertiary/aromatic N) is 1. The SMILES string of the molecule is COc1ccc(N)cc1OCC(C)N(C)C. The topological polar surface area (TPSA) is 47.7 Å². The first-order valence-electron chi connectivity index (χ1n) is 5.27. The number of rotatable bonds is 5. The van der Waals surface area contributed by atoms with Crippen molar-refractivity contribution in [1.82, 2.24) is 4.90 Å². The van der Waals surface area contributed by atoms with Gasteiger partial charge in [-0.1, -0.05) is 0 Å². The highest BCUT2D eigenvalue weighted by molar-refractivity contribution is 5.51. The Morgan fingerprint density at radius 2 is 2.00 bits per heavy atom. The van der Waals surface area contributed by atoms with E-state index in [1.807, 2.05) is 20.2 Å². The van der Waals surface area contributed by atoms with E-state index in [0.29, 0.717) is 29.8 Å². The van der Waals surface area contributed by atoms with Crippen molar-refractivity contribution >= 4 is 5.69 Å². The van der Waals surface area contributed by atoms with E-state index in [9.17, 15) is 0 Å². The van der Waals surface area contributed by atoms with Crippen LogP contribution >= 0.6 is 0 Å². The van der Waals surface area contributed by atoms with Gasteiger partial charge in [0.15, 0.2) is 11.5 Å². The van der Waals surface area contributed by atoms with Crippen molar-refractivity contribution in [2.75, 3.05) is 33.5 Å². The fourth-order valence-corrected chi connectivity index (χ4v) is 1.17. The molecule has 1 atom stereocenters. The number of anilines is 1. The number of methoxy groups -OCH3 is 1. The van der Waals surface area contributed by atoms with E-state index in [1.54, 1.807) is 19.2 Å². The van der Waals surface area contributed by atoms with E-state index < -0.39 is 0 Å². The molecule has 0 radical (unpaired) electrons. The van der Waals surface area contributed by atoms with E-state index in [1.165, 1.54) is 0 Å². The Hall–Kier alpha value is -1.42. The molecule has 0 fully saturated rings. The average Bonchev–Trinajstić information content (AvgIpc) is 2.25. The summed E-state index contributed by atoms with van der Waals surface area (Å²) in [5.74, 6) is 1.40. The van der Waals surface area contributed by atoms with Gasteiger partial charge in [-0.25, -0.2) is 0 Å². The number of benzene rings is 1. The summed E-state index contributed by atoms with van der Waals surface area (Å²) < 4.78 is 10.9. The second-order valence-corrected chi connectivity index (χ2v) is 4.03. The van der Waals surface area contributed by atoms with Crippen molar-refractivity contribution < 1.29 is 9.47 Å². The molecule has 1 aromatic carbocycles. The molecule has 4 heteroatoms. The lowest BCUT2D eigenvalue weighted by Gasteiger charge is -2.20. The maximum Gasteiger partial charge on any atom is 0.163 e. The van der Waals surface area contributed by atoms with Gasteiger partial charge in [0, 0.05) is 17.8 Å². The van der Waals surface area contributed by atoms with E-state index in [-0.39, 0.29) is 0 Å². The van der Waals surface area contributed by atoms with Crippen LogP contribution in [0.25, 0.3) is 0 Å². The summed E-state index contributed by atoms with van der Waals surface area (Å²) >= 11 is 0. The molecule has 0 spiro atoms. The van der Waals surface area contributed by atoms with Crippen LogP contribution in [0.5, 0.6) is 11.5 Å². The van der Waals surface area contributed by atoms with Gasteiger partial charge in [0.2, 0.25) is 0 Å². The molecule has 1 rings (SSSR count). The molecule has 0 saturated carbocycles. The van der Waals surface area contributed by atoms with Gasteiger partial charge in [-0.05, 0) is 33.2 Å². The monoisotopic (exact) mass is 224 g/mol. The average molecular weight is 224 g/mol. The Morgan fingerprint density at radius 1 is 1.31 bits per heavy atom. The first-order valence-corrected chi connectivity index (χ1v) is 5.27. The van der Waals surface area contributed by atoms with Crippen molar-refractivity contribution in [3.05, 3.63) is 18.2 Å². The van der Waals surface area contributed by atoms with Crippen molar-refractivity contribution in [2.45, 2.75) is 13.0 Å². The van der Waals surface area contributed by atoms with Crippen LogP contribution in [0, 0.1) is 0 Å². The summed E-state index contributed by atoms with van der Waals surface area (Å²) in [6.45, 7) is 2.70. The molecule has 0 bridgehead atoms. The van der Waals surface area contributed by atoms with Crippen LogP contribution in [0.4, 0.5) is 5.69 Å². The highest BCUT2D eigenvalue weighted by Gasteiger charge is 2.09. The van der Waals surface area contributed by atoms with Gasteiger partial charge >= 0.3 is 0 Å². The number of likely N-dealkylation sites (N-methyl/N-ethyl adjacent to an activating group) is 1. The third kappa shape index (κ3) is 3.31. The number of ether oxygens (including phenoxy) is 2. The summed E-state index contributed by atoms with van der Waals surface area (Å²) in [4.78, 5) is 2.10. The molecule has 16 heavy (non-hydrogen) atoms. The molecule has 2 N–H and O–H groups in total. The van der Waals surface area contributed by atoms with Crippen LogP contribution < -0.4 is 15.2 Å². The smallest absolute Gasteiger partial charge is 0.163 e. The Labute approximate surface area is 96.9 Å². The molecular weight excluding hydrogens is 204 g/mol.